The number of carbonyl (C=O) groups is 1. The molecule has 1 saturated heterocycles. The standard InChI is InChI=1S/C15H21N5O3S/c1-9-11(10(2)23-19-9)7-20(3)8-13(21)16-15-18-17-14(24-15)12-5-4-6-22-12/h12H,4-8H2,1-3H3,(H,16,18,21)/t12-/m0/s1. The number of likely N-dealkylation sites (N-methyl/N-ethyl adjacent to an activating group) is 1. The summed E-state index contributed by atoms with van der Waals surface area (Å²) in [6, 6.07) is 0. The van der Waals surface area contributed by atoms with Crippen molar-refractivity contribution in [1.82, 2.24) is 20.3 Å². The Balaban J connectivity index is 1.51. The van der Waals surface area contributed by atoms with E-state index in [9.17, 15) is 4.79 Å². The lowest BCUT2D eigenvalue weighted by atomic mass is 10.2. The van der Waals surface area contributed by atoms with Crippen LogP contribution >= 0.6 is 11.3 Å². The Labute approximate surface area is 144 Å². The summed E-state index contributed by atoms with van der Waals surface area (Å²) in [6.45, 7) is 5.38. The third kappa shape index (κ3) is 3.97. The predicted octanol–water partition coefficient (Wildman–Crippen LogP) is 2.06. The van der Waals surface area contributed by atoms with E-state index >= 15 is 0 Å². The molecule has 8 nitrogen and oxygen atoms in total. The molecule has 1 amide bonds. The molecule has 3 heterocycles. The number of nitrogens with zero attached hydrogens (tertiary/aromatic N) is 4. The van der Waals surface area contributed by atoms with Gasteiger partial charge in [-0.25, -0.2) is 0 Å². The van der Waals surface area contributed by atoms with Gasteiger partial charge in [0.25, 0.3) is 0 Å². The van der Waals surface area contributed by atoms with Gasteiger partial charge in [-0.3, -0.25) is 15.0 Å². The maximum atomic E-state index is 12.2. The number of rotatable bonds is 6. The molecule has 0 aliphatic carbocycles. The first kappa shape index (κ1) is 17.0. The van der Waals surface area contributed by atoms with Gasteiger partial charge < -0.3 is 9.26 Å². The second-order valence-electron chi connectivity index (χ2n) is 5.97. The largest absolute Gasteiger partial charge is 0.371 e. The summed E-state index contributed by atoms with van der Waals surface area (Å²) >= 11 is 1.37. The SMILES string of the molecule is Cc1noc(C)c1CN(C)CC(=O)Nc1nnc([C@@H]2CCCO2)s1. The van der Waals surface area contributed by atoms with Gasteiger partial charge in [0.15, 0.2) is 0 Å². The lowest BCUT2D eigenvalue weighted by Crippen LogP contribution is -2.30. The average Bonchev–Trinajstić information content (AvgIpc) is 3.25. The average molecular weight is 351 g/mol. The Morgan fingerprint density at radius 3 is 2.92 bits per heavy atom. The monoisotopic (exact) mass is 351 g/mol. The fourth-order valence-electron chi connectivity index (χ4n) is 2.65. The zero-order valence-electron chi connectivity index (χ0n) is 14.0. The molecule has 1 N–H and O–H groups in total. The molecule has 2 aromatic heterocycles. The van der Waals surface area contributed by atoms with Gasteiger partial charge in [0.05, 0.1) is 12.2 Å². The third-order valence-electron chi connectivity index (χ3n) is 3.91. The van der Waals surface area contributed by atoms with Crippen LogP contribution in [0.25, 0.3) is 0 Å². The van der Waals surface area contributed by atoms with Gasteiger partial charge in [-0.2, -0.15) is 0 Å². The van der Waals surface area contributed by atoms with Crippen LogP contribution in [-0.4, -0.2) is 46.4 Å². The lowest BCUT2D eigenvalue weighted by Gasteiger charge is -2.15. The van der Waals surface area contributed by atoms with Crippen molar-refractivity contribution in [1.29, 1.82) is 0 Å². The van der Waals surface area contributed by atoms with Crippen LogP contribution in [0.15, 0.2) is 4.52 Å². The minimum Gasteiger partial charge on any atom is -0.371 e. The van der Waals surface area contributed by atoms with E-state index in [2.05, 4.69) is 20.7 Å². The Bertz CT molecular complexity index is 688. The van der Waals surface area contributed by atoms with Crippen LogP contribution in [0.3, 0.4) is 0 Å². The van der Waals surface area contributed by atoms with E-state index in [1.54, 1.807) is 0 Å². The van der Waals surface area contributed by atoms with Gasteiger partial charge in [-0.15, -0.1) is 10.2 Å². The van der Waals surface area contributed by atoms with Crippen molar-refractivity contribution in [2.45, 2.75) is 39.3 Å². The van der Waals surface area contributed by atoms with Crippen LogP contribution in [-0.2, 0) is 16.1 Å². The number of ether oxygens (including phenoxy) is 1. The second-order valence-corrected chi connectivity index (χ2v) is 6.98. The van der Waals surface area contributed by atoms with Gasteiger partial charge >= 0.3 is 0 Å². The van der Waals surface area contributed by atoms with E-state index in [4.69, 9.17) is 9.26 Å². The Kier molecular flexibility index (Phi) is 5.22. The maximum Gasteiger partial charge on any atom is 0.240 e. The first-order chi connectivity index (χ1) is 11.5. The summed E-state index contributed by atoms with van der Waals surface area (Å²) in [5.41, 5.74) is 1.87. The third-order valence-corrected chi connectivity index (χ3v) is 4.85. The number of amides is 1. The fraction of sp³-hybridized carbons (Fsp3) is 0.600. The summed E-state index contributed by atoms with van der Waals surface area (Å²) in [7, 11) is 1.88. The van der Waals surface area contributed by atoms with Crippen molar-refractivity contribution in [2.24, 2.45) is 0 Å². The molecule has 24 heavy (non-hydrogen) atoms. The van der Waals surface area contributed by atoms with Crippen LogP contribution < -0.4 is 5.32 Å². The molecule has 0 saturated carbocycles. The van der Waals surface area contributed by atoms with E-state index < -0.39 is 0 Å². The van der Waals surface area contributed by atoms with Gasteiger partial charge in [0.2, 0.25) is 11.0 Å². The molecule has 0 spiro atoms. The minimum absolute atomic E-state index is 0.0235. The molecule has 0 radical (unpaired) electrons. The van der Waals surface area contributed by atoms with Crippen LogP contribution in [0.2, 0.25) is 0 Å². The molecule has 0 aromatic carbocycles. The summed E-state index contributed by atoms with van der Waals surface area (Å²) in [6.07, 6.45) is 2.02. The Hall–Kier alpha value is -1.84. The highest BCUT2D eigenvalue weighted by Gasteiger charge is 2.22. The lowest BCUT2D eigenvalue weighted by molar-refractivity contribution is -0.117. The van der Waals surface area contributed by atoms with Crippen molar-refractivity contribution in [3.8, 4) is 0 Å². The molecule has 9 heteroatoms. The molecule has 1 fully saturated rings. The van der Waals surface area contributed by atoms with Crippen LogP contribution in [0.5, 0.6) is 0 Å². The topological polar surface area (TPSA) is 93.4 Å². The molecule has 1 atom stereocenters. The number of aryl methyl sites for hydroxylation is 2. The van der Waals surface area contributed by atoms with Crippen molar-refractivity contribution in [2.75, 3.05) is 25.5 Å². The molecule has 0 unspecified atom stereocenters. The number of hydrogen-bond donors (Lipinski definition) is 1. The molecule has 0 bridgehead atoms. The molecule has 130 valence electrons. The number of hydrogen-bond acceptors (Lipinski definition) is 8. The van der Waals surface area contributed by atoms with E-state index in [0.29, 0.717) is 11.7 Å². The highest BCUT2D eigenvalue weighted by molar-refractivity contribution is 7.15. The summed E-state index contributed by atoms with van der Waals surface area (Å²) < 4.78 is 10.7. The predicted molar refractivity (Wildman–Crippen MR) is 88.8 cm³/mol. The smallest absolute Gasteiger partial charge is 0.240 e. The zero-order chi connectivity index (χ0) is 17.1. The second kappa shape index (κ2) is 7.37. The van der Waals surface area contributed by atoms with Gasteiger partial charge in [0, 0.05) is 18.7 Å². The molecule has 1 aliphatic rings. The number of anilines is 1. The zero-order valence-corrected chi connectivity index (χ0v) is 14.9. The molecule has 2 aromatic rings. The van der Waals surface area contributed by atoms with Gasteiger partial charge in [0.1, 0.15) is 16.9 Å². The Morgan fingerprint density at radius 1 is 1.42 bits per heavy atom. The van der Waals surface area contributed by atoms with E-state index in [0.717, 1.165) is 41.5 Å². The number of aromatic nitrogens is 3. The van der Waals surface area contributed by atoms with E-state index in [1.165, 1.54) is 11.3 Å². The minimum atomic E-state index is -0.126. The molecular formula is C15H21N5O3S. The summed E-state index contributed by atoms with van der Waals surface area (Å²) in [5.74, 6) is 0.657. The first-order valence-corrected chi connectivity index (χ1v) is 8.69. The fourth-order valence-corrected chi connectivity index (χ4v) is 3.49. The summed E-state index contributed by atoms with van der Waals surface area (Å²) in [5, 5.41) is 16.2. The van der Waals surface area contributed by atoms with Crippen LogP contribution in [0.1, 0.15) is 41.0 Å². The summed E-state index contributed by atoms with van der Waals surface area (Å²) in [4.78, 5) is 14.1. The van der Waals surface area contributed by atoms with E-state index in [1.807, 2.05) is 25.8 Å². The van der Waals surface area contributed by atoms with Crippen molar-refractivity contribution < 1.29 is 14.1 Å². The normalized spacial score (nSPS) is 17.6. The van der Waals surface area contributed by atoms with Crippen molar-refractivity contribution in [3.05, 3.63) is 22.0 Å². The molecule has 3 rings (SSSR count). The highest BCUT2D eigenvalue weighted by atomic mass is 32.1. The molecule has 1 aliphatic heterocycles. The first-order valence-electron chi connectivity index (χ1n) is 7.88. The van der Waals surface area contributed by atoms with Gasteiger partial charge in [-0.1, -0.05) is 16.5 Å². The van der Waals surface area contributed by atoms with Crippen LogP contribution in [0, 0.1) is 13.8 Å². The van der Waals surface area contributed by atoms with Crippen molar-refractivity contribution in [3.63, 3.8) is 0 Å². The number of carbonyl (C=O) groups excluding carboxylic acids is 1. The van der Waals surface area contributed by atoms with Crippen LogP contribution in [0.4, 0.5) is 5.13 Å². The Morgan fingerprint density at radius 2 is 2.25 bits per heavy atom. The highest BCUT2D eigenvalue weighted by Crippen LogP contribution is 2.31. The maximum absolute atomic E-state index is 12.2. The van der Waals surface area contributed by atoms with E-state index in [-0.39, 0.29) is 18.6 Å². The number of nitrogens with one attached hydrogen (secondary N) is 1. The van der Waals surface area contributed by atoms with Crippen molar-refractivity contribution >= 4 is 22.4 Å². The van der Waals surface area contributed by atoms with Gasteiger partial charge in [-0.05, 0) is 33.7 Å². The quantitative estimate of drug-likeness (QED) is 0.851. The molecular weight excluding hydrogens is 330 g/mol.